The Bertz CT molecular complexity index is 535. The van der Waals surface area contributed by atoms with E-state index in [4.69, 9.17) is 5.73 Å². The van der Waals surface area contributed by atoms with Gasteiger partial charge in [0, 0.05) is 15.8 Å². The standard InChI is InChI=1S/C15H14FNS/c16-11-6-12(17)8-13(7-11)18-15-9-14(15)10-4-2-1-3-5-10/h1-8,14-15H,9,17H2. The summed E-state index contributed by atoms with van der Waals surface area (Å²) in [5, 5.41) is 0.550. The first kappa shape index (κ1) is 11.6. The molecule has 0 spiro atoms. The van der Waals surface area contributed by atoms with Crippen molar-refractivity contribution in [2.75, 3.05) is 5.73 Å². The van der Waals surface area contributed by atoms with Crippen LogP contribution in [-0.2, 0) is 0 Å². The molecule has 1 aliphatic rings. The Kier molecular flexibility index (Phi) is 3.00. The molecular weight excluding hydrogens is 245 g/mol. The number of anilines is 1. The highest BCUT2D eigenvalue weighted by molar-refractivity contribution is 8.00. The average molecular weight is 259 g/mol. The summed E-state index contributed by atoms with van der Waals surface area (Å²) in [4.78, 5) is 0.927. The van der Waals surface area contributed by atoms with E-state index in [1.54, 1.807) is 17.8 Å². The van der Waals surface area contributed by atoms with Crippen molar-refractivity contribution >= 4 is 17.4 Å². The van der Waals surface area contributed by atoms with Crippen molar-refractivity contribution in [3.05, 3.63) is 59.9 Å². The highest BCUT2D eigenvalue weighted by Crippen LogP contribution is 2.51. The molecule has 3 heteroatoms. The predicted octanol–water partition coefficient (Wildman–Crippen LogP) is 4.06. The van der Waals surface area contributed by atoms with Crippen molar-refractivity contribution in [2.45, 2.75) is 22.5 Å². The third-order valence-electron chi connectivity index (χ3n) is 3.14. The predicted molar refractivity (Wildman–Crippen MR) is 74.3 cm³/mol. The van der Waals surface area contributed by atoms with Gasteiger partial charge in [0.1, 0.15) is 5.82 Å². The minimum absolute atomic E-state index is 0.255. The second-order valence-corrected chi connectivity index (χ2v) is 5.94. The van der Waals surface area contributed by atoms with E-state index in [9.17, 15) is 4.39 Å². The number of rotatable bonds is 3. The number of halogens is 1. The van der Waals surface area contributed by atoms with Gasteiger partial charge in [-0.15, -0.1) is 11.8 Å². The lowest BCUT2D eigenvalue weighted by Gasteiger charge is -2.03. The number of hydrogen-bond donors (Lipinski definition) is 1. The van der Waals surface area contributed by atoms with Crippen molar-refractivity contribution < 1.29 is 4.39 Å². The fourth-order valence-corrected chi connectivity index (χ4v) is 3.54. The van der Waals surface area contributed by atoms with Gasteiger partial charge in [-0.25, -0.2) is 4.39 Å². The zero-order valence-corrected chi connectivity index (χ0v) is 10.7. The maximum absolute atomic E-state index is 13.2. The van der Waals surface area contributed by atoms with E-state index in [1.807, 2.05) is 12.1 Å². The first-order chi connectivity index (χ1) is 8.72. The summed E-state index contributed by atoms with van der Waals surface area (Å²) in [6, 6.07) is 15.2. The summed E-state index contributed by atoms with van der Waals surface area (Å²) in [6.07, 6.45) is 1.16. The monoisotopic (exact) mass is 259 g/mol. The van der Waals surface area contributed by atoms with Gasteiger partial charge in [0.25, 0.3) is 0 Å². The van der Waals surface area contributed by atoms with Crippen LogP contribution in [-0.4, -0.2) is 5.25 Å². The largest absolute Gasteiger partial charge is 0.399 e. The third kappa shape index (κ3) is 2.51. The van der Waals surface area contributed by atoms with E-state index in [2.05, 4.69) is 24.3 Å². The van der Waals surface area contributed by atoms with E-state index in [0.717, 1.165) is 11.3 Å². The van der Waals surface area contributed by atoms with E-state index in [0.29, 0.717) is 16.9 Å². The van der Waals surface area contributed by atoms with Crippen LogP contribution >= 0.6 is 11.8 Å². The van der Waals surface area contributed by atoms with Crippen LogP contribution < -0.4 is 5.73 Å². The van der Waals surface area contributed by atoms with E-state index in [1.165, 1.54) is 11.6 Å². The van der Waals surface area contributed by atoms with Crippen molar-refractivity contribution in [3.8, 4) is 0 Å². The Morgan fingerprint density at radius 2 is 1.89 bits per heavy atom. The zero-order valence-electron chi connectivity index (χ0n) is 9.84. The lowest BCUT2D eigenvalue weighted by atomic mass is 10.1. The molecule has 92 valence electrons. The van der Waals surface area contributed by atoms with E-state index >= 15 is 0 Å². The number of benzene rings is 2. The molecule has 2 aromatic carbocycles. The molecule has 2 unspecified atom stereocenters. The van der Waals surface area contributed by atoms with Crippen molar-refractivity contribution in [1.82, 2.24) is 0 Å². The topological polar surface area (TPSA) is 26.0 Å². The molecular formula is C15H14FNS. The Morgan fingerprint density at radius 3 is 2.61 bits per heavy atom. The van der Waals surface area contributed by atoms with Crippen LogP contribution in [0.25, 0.3) is 0 Å². The van der Waals surface area contributed by atoms with E-state index in [-0.39, 0.29) is 5.82 Å². The Hall–Kier alpha value is -1.48. The van der Waals surface area contributed by atoms with Crippen molar-refractivity contribution in [2.24, 2.45) is 0 Å². The second kappa shape index (κ2) is 4.65. The molecule has 1 aliphatic carbocycles. The summed E-state index contributed by atoms with van der Waals surface area (Å²) < 4.78 is 13.2. The SMILES string of the molecule is Nc1cc(F)cc(SC2CC2c2ccccc2)c1. The van der Waals surface area contributed by atoms with Gasteiger partial charge in [0.05, 0.1) is 0 Å². The lowest BCUT2D eigenvalue weighted by Crippen LogP contribution is -1.89. The summed E-state index contributed by atoms with van der Waals surface area (Å²) in [5.74, 6) is 0.343. The summed E-state index contributed by atoms with van der Waals surface area (Å²) in [6.45, 7) is 0. The summed E-state index contributed by atoms with van der Waals surface area (Å²) in [7, 11) is 0. The fourth-order valence-electron chi connectivity index (χ4n) is 2.18. The highest BCUT2D eigenvalue weighted by atomic mass is 32.2. The van der Waals surface area contributed by atoms with Gasteiger partial charge in [-0.1, -0.05) is 30.3 Å². The molecule has 18 heavy (non-hydrogen) atoms. The number of hydrogen-bond acceptors (Lipinski definition) is 2. The minimum Gasteiger partial charge on any atom is -0.399 e. The molecule has 0 radical (unpaired) electrons. The first-order valence-electron chi connectivity index (χ1n) is 6.00. The fraction of sp³-hybridized carbons (Fsp3) is 0.200. The smallest absolute Gasteiger partial charge is 0.126 e. The van der Waals surface area contributed by atoms with Crippen LogP contribution in [0.1, 0.15) is 17.9 Å². The molecule has 0 bridgehead atoms. The highest BCUT2D eigenvalue weighted by Gasteiger charge is 2.38. The third-order valence-corrected chi connectivity index (χ3v) is 4.47. The van der Waals surface area contributed by atoms with Crippen LogP contribution in [0.4, 0.5) is 10.1 Å². The van der Waals surface area contributed by atoms with Crippen molar-refractivity contribution in [1.29, 1.82) is 0 Å². The van der Waals surface area contributed by atoms with Gasteiger partial charge in [-0.2, -0.15) is 0 Å². The van der Waals surface area contributed by atoms with Crippen molar-refractivity contribution in [3.63, 3.8) is 0 Å². The summed E-state index contributed by atoms with van der Waals surface area (Å²) in [5.41, 5.74) is 7.52. The molecule has 1 fully saturated rings. The number of nitrogens with two attached hydrogens (primary N) is 1. The van der Waals surface area contributed by atoms with Gasteiger partial charge in [-0.3, -0.25) is 0 Å². The number of thioether (sulfide) groups is 1. The van der Waals surface area contributed by atoms with Crippen LogP contribution in [0, 0.1) is 5.82 Å². The van der Waals surface area contributed by atoms with Crippen LogP contribution in [0.3, 0.4) is 0 Å². The number of nitrogen functional groups attached to an aromatic ring is 1. The Balaban J connectivity index is 1.69. The molecule has 0 heterocycles. The second-order valence-electron chi connectivity index (χ2n) is 4.63. The van der Waals surface area contributed by atoms with Gasteiger partial charge in [0.2, 0.25) is 0 Å². The molecule has 0 saturated heterocycles. The van der Waals surface area contributed by atoms with Crippen LogP contribution in [0.15, 0.2) is 53.4 Å². The molecule has 3 rings (SSSR count). The minimum atomic E-state index is -0.255. The Morgan fingerprint density at radius 1 is 1.11 bits per heavy atom. The lowest BCUT2D eigenvalue weighted by molar-refractivity contribution is 0.625. The Labute approximate surface area is 110 Å². The molecule has 0 amide bonds. The molecule has 0 aromatic heterocycles. The molecule has 2 atom stereocenters. The van der Waals surface area contributed by atoms with Gasteiger partial charge >= 0.3 is 0 Å². The zero-order chi connectivity index (χ0) is 12.5. The van der Waals surface area contributed by atoms with Crippen LogP contribution in [0.5, 0.6) is 0 Å². The van der Waals surface area contributed by atoms with E-state index < -0.39 is 0 Å². The maximum Gasteiger partial charge on any atom is 0.126 e. The first-order valence-corrected chi connectivity index (χ1v) is 6.88. The molecule has 1 saturated carbocycles. The van der Waals surface area contributed by atoms with Gasteiger partial charge in [0.15, 0.2) is 0 Å². The quantitative estimate of drug-likeness (QED) is 0.841. The van der Waals surface area contributed by atoms with Gasteiger partial charge < -0.3 is 5.73 Å². The van der Waals surface area contributed by atoms with Gasteiger partial charge in [-0.05, 0) is 36.1 Å². The summed E-state index contributed by atoms with van der Waals surface area (Å²) >= 11 is 1.72. The average Bonchev–Trinajstić information content (AvgIpc) is 3.08. The maximum atomic E-state index is 13.2. The normalized spacial score (nSPS) is 21.8. The van der Waals surface area contributed by atoms with Crippen LogP contribution in [0.2, 0.25) is 0 Å². The molecule has 1 nitrogen and oxygen atoms in total. The molecule has 2 aromatic rings. The molecule has 0 aliphatic heterocycles. The molecule has 2 N–H and O–H groups in total.